The largest absolute Gasteiger partial charge is 0.486 e. The van der Waals surface area contributed by atoms with Gasteiger partial charge in [0.25, 0.3) is 21.8 Å². The SMILES string of the molecule is Cc1cc2c(c3c1NC(=O)C3=O)OC(COS(C)(=O)=O)C2. The van der Waals surface area contributed by atoms with Gasteiger partial charge in [-0.05, 0) is 18.1 Å². The zero-order valence-corrected chi connectivity index (χ0v) is 12.2. The van der Waals surface area contributed by atoms with Gasteiger partial charge < -0.3 is 10.1 Å². The van der Waals surface area contributed by atoms with Gasteiger partial charge in [-0.2, -0.15) is 8.42 Å². The topological polar surface area (TPSA) is 98.8 Å². The second-order valence-corrected chi connectivity index (χ2v) is 6.79. The van der Waals surface area contributed by atoms with Gasteiger partial charge in [0.05, 0.1) is 17.5 Å². The third kappa shape index (κ3) is 2.40. The number of aryl methyl sites for hydroxylation is 1. The van der Waals surface area contributed by atoms with E-state index in [4.69, 9.17) is 8.92 Å². The number of carbonyl (C=O) groups is 2. The van der Waals surface area contributed by atoms with Crippen molar-refractivity contribution in [3.63, 3.8) is 0 Å². The number of rotatable bonds is 3. The number of anilines is 1. The van der Waals surface area contributed by atoms with Gasteiger partial charge >= 0.3 is 0 Å². The standard InChI is InChI=1S/C13H13NO6S/c1-6-3-7-4-8(5-19-21(2,17)18)20-12(7)9-10(6)14-13(16)11(9)15/h3,8H,4-5H2,1-2H3,(H,14,15,16). The third-order valence-electron chi connectivity index (χ3n) is 3.43. The van der Waals surface area contributed by atoms with Crippen LogP contribution >= 0.6 is 0 Å². The third-order valence-corrected chi connectivity index (χ3v) is 3.99. The summed E-state index contributed by atoms with van der Waals surface area (Å²) in [6, 6.07) is 1.83. The van der Waals surface area contributed by atoms with Gasteiger partial charge in [0, 0.05) is 6.42 Å². The number of fused-ring (bicyclic) bond motifs is 3. The molecule has 3 rings (SSSR count). The molecule has 0 aliphatic carbocycles. The van der Waals surface area contributed by atoms with Crippen LogP contribution in [0.5, 0.6) is 5.75 Å². The molecule has 21 heavy (non-hydrogen) atoms. The molecule has 1 unspecified atom stereocenters. The van der Waals surface area contributed by atoms with E-state index in [0.717, 1.165) is 17.4 Å². The summed E-state index contributed by atoms with van der Waals surface area (Å²) in [5.74, 6) is -0.961. The first-order valence-corrected chi connectivity index (χ1v) is 8.11. The quantitative estimate of drug-likeness (QED) is 0.641. The monoisotopic (exact) mass is 311 g/mol. The van der Waals surface area contributed by atoms with Crippen LogP contribution in [0, 0.1) is 6.92 Å². The van der Waals surface area contributed by atoms with Gasteiger partial charge in [-0.1, -0.05) is 6.07 Å². The second-order valence-electron chi connectivity index (χ2n) is 5.15. The van der Waals surface area contributed by atoms with E-state index in [1.54, 1.807) is 6.92 Å². The van der Waals surface area contributed by atoms with E-state index in [1.165, 1.54) is 0 Å². The van der Waals surface area contributed by atoms with E-state index in [9.17, 15) is 18.0 Å². The Balaban J connectivity index is 1.91. The molecule has 0 saturated carbocycles. The Bertz CT molecular complexity index is 767. The molecule has 8 heteroatoms. The Morgan fingerprint density at radius 3 is 2.81 bits per heavy atom. The zero-order valence-electron chi connectivity index (χ0n) is 11.4. The van der Waals surface area contributed by atoms with Crippen molar-refractivity contribution >= 4 is 27.5 Å². The molecule has 2 aliphatic heterocycles. The van der Waals surface area contributed by atoms with Gasteiger partial charge in [0.15, 0.2) is 0 Å². The van der Waals surface area contributed by atoms with Crippen LogP contribution in [0.3, 0.4) is 0 Å². The number of benzene rings is 1. The van der Waals surface area contributed by atoms with E-state index in [-0.39, 0.29) is 12.2 Å². The lowest BCUT2D eigenvalue weighted by molar-refractivity contribution is -0.112. The molecule has 0 radical (unpaired) electrons. The maximum absolute atomic E-state index is 11.9. The molecule has 7 nitrogen and oxygen atoms in total. The number of Topliss-reactive ketones (excluding diaryl/α,β-unsaturated/α-hetero) is 1. The van der Waals surface area contributed by atoms with Crippen LogP contribution in [-0.2, 0) is 25.5 Å². The van der Waals surface area contributed by atoms with Gasteiger partial charge in [-0.25, -0.2) is 0 Å². The van der Waals surface area contributed by atoms with Crippen molar-refractivity contribution in [1.29, 1.82) is 0 Å². The van der Waals surface area contributed by atoms with Crippen LogP contribution in [0.25, 0.3) is 0 Å². The van der Waals surface area contributed by atoms with Gasteiger partial charge in [-0.15, -0.1) is 0 Å². The Hall–Kier alpha value is -1.93. The summed E-state index contributed by atoms with van der Waals surface area (Å²) in [5.41, 5.74) is 2.25. The van der Waals surface area contributed by atoms with Crippen LogP contribution in [0.1, 0.15) is 21.5 Å². The van der Waals surface area contributed by atoms with E-state index >= 15 is 0 Å². The molecule has 1 aromatic carbocycles. The van der Waals surface area contributed by atoms with Gasteiger partial charge in [-0.3, -0.25) is 13.8 Å². The lowest BCUT2D eigenvalue weighted by Gasteiger charge is -2.11. The van der Waals surface area contributed by atoms with Crippen molar-refractivity contribution in [2.45, 2.75) is 19.4 Å². The van der Waals surface area contributed by atoms with Crippen LogP contribution in [-0.4, -0.2) is 39.1 Å². The Morgan fingerprint density at radius 1 is 1.43 bits per heavy atom. The van der Waals surface area contributed by atoms with Crippen LogP contribution in [0.4, 0.5) is 5.69 Å². The van der Waals surface area contributed by atoms with Crippen LogP contribution in [0.2, 0.25) is 0 Å². The summed E-state index contributed by atoms with van der Waals surface area (Å²) in [5, 5.41) is 2.52. The van der Waals surface area contributed by atoms with Crippen molar-refractivity contribution in [3.8, 4) is 5.75 Å². The molecule has 2 heterocycles. The van der Waals surface area contributed by atoms with Crippen LogP contribution < -0.4 is 10.1 Å². The lowest BCUT2D eigenvalue weighted by Crippen LogP contribution is -2.22. The van der Waals surface area contributed by atoms with E-state index in [0.29, 0.717) is 17.9 Å². The Morgan fingerprint density at radius 2 is 2.14 bits per heavy atom. The van der Waals surface area contributed by atoms with Crippen molar-refractivity contribution in [3.05, 3.63) is 22.8 Å². The summed E-state index contributed by atoms with van der Waals surface area (Å²) in [7, 11) is -3.55. The smallest absolute Gasteiger partial charge is 0.297 e. The molecule has 0 spiro atoms. The van der Waals surface area contributed by atoms with Crippen molar-refractivity contribution in [2.75, 3.05) is 18.2 Å². The number of carbonyl (C=O) groups excluding carboxylic acids is 2. The normalized spacial score (nSPS) is 20.0. The molecule has 1 aromatic rings. The molecular weight excluding hydrogens is 298 g/mol. The minimum Gasteiger partial charge on any atom is -0.486 e. The number of hydrogen-bond acceptors (Lipinski definition) is 6. The first-order chi connectivity index (χ1) is 9.76. The number of ether oxygens (including phenoxy) is 1. The summed E-state index contributed by atoms with van der Waals surface area (Å²) in [6.45, 7) is 1.66. The van der Waals surface area contributed by atoms with Gasteiger partial charge in [0.1, 0.15) is 18.5 Å². The zero-order chi connectivity index (χ0) is 15.4. The number of ketones is 1. The van der Waals surface area contributed by atoms with E-state index in [1.807, 2.05) is 6.07 Å². The molecule has 1 atom stereocenters. The predicted octanol–water partition coefficient (Wildman–Crippen LogP) is 0.410. The molecule has 1 amide bonds. The van der Waals surface area contributed by atoms with Crippen molar-refractivity contribution in [2.24, 2.45) is 0 Å². The molecule has 2 aliphatic rings. The second kappa shape index (κ2) is 4.54. The minimum absolute atomic E-state index is 0.128. The highest BCUT2D eigenvalue weighted by Crippen LogP contribution is 2.42. The Kier molecular flexibility index (Phi) is 3.03. The maximum atomic E-state index is 11.9. The van der Waals surface area contributed by atoms with Crippen molar-refractivity contribution in [1.82, 2.24) is 0 Å². The highest BCUT2D eigenvalue weighted by atomic mass is 32.2. The van der Waals surface area contributed by atoms with Crippen molar-refractivity contribution < 1.29 is 26.9 Å². The Labute approximate surface area is 121 Å². The fraction of sp³-hybridized carbons (Fsp3) is 0.385. The molecule has 0 saturated heterocycles. The first kappa shape index (κ1) is 14.0. The fourth-order valence-electron chi connectivity index (χ4n) is 2.56. The molecule has 0 bridgehead atoms. The molecular formula is C13H13NO6S. The lowest BCUT2D eigenvalue weighted by atomic mass is 10.00. The first-order valence-electron chi connectivity index (χ1n) is 6.29. The molecule has 112 valence electrons. The number of hydrogen-bond donors (Lipinski definition) is 1. The highest BCUT2D eigenvalue weighted by molar-refractivity contribution is 7.85. The average Bonchev–Trinajstić information content (AvgIpc) is 2.89. The summed E-state index contributed by atoms with van der Waals surface area (Å²) < 4.78 is 32.4. The minimum atomic E-state index is -3.55. The molecule has 1 N–H and O–H groups in total. The predicted molar refractivity (Wildman–Crippen MR) is 73.1 cm³/mol. The molecule has 0 fully saturated rings. The summed E-state index contributed by atoms with van der Waals surface area (Å²) >= 11 is 0. The van der Waals surface area contributed by atoms with E-state index < -0.39 is 27.9 Å². The summed E-state index contributed by atoms with van der Waals surface area (Å²) in [6.07, 6.45) is 0.896. The number of nitrogens with one attached hydrogen (secondary N) is 1. The van der Waals surface area contributed by atoms with Gasteiger partial charge in [0.2, 0.25) is 0 Å². The van der Waals surface area contributed by atoms with Crippen LogP contribution in [0.15, 0.2) is 6.07 Å². The maximum Gasteiger partial charge on any atom is 0.297 e. The highest BCUT2D eigenvalue weighted by Gasteiger charge is 2.38. The molecule has 0 aromatic heterocycles. The summed E-state index contributed by atoms with van der Waals surface area (Å²) in [4.78, 5) is 23.4. The fourth-order valence-corrected chi connectivity index (χ4v) is 2.96. The average molecular weight is 311 g/mol. The van der Waals surface area contributed by atoms with E-state index in [2.05, 4.69) is 5.32 Å². The number of amides is 1.